The van der Waals surface area contributed by atoms with Crippen molar-refractivity contribution in [1.29, 1.82) is 0 Å². The number of hydrogen-bond donors (Lipinski definition) is 0. The zero-order chi connectivity index (χ0) is 4.99. The van der Waals surface area contributed by atoms with Crippen molar-refractivity contribution in [2.45, 2.75) is 0 Å². The minimum Gasteiger partial charge on any atom is -0.211 e. The van der Waals surface area contributed by atoms with Gasteiger partial charge in [0, 0.05) is 0 Å². The van der Waals surface area contributed by atoms with Gasteiger partial charge in [0.1, 0.15) is 0 Å². The zero-order valence-electron chi connectivity index (χ0n) is 2.56. The monoisotopic (exact) mass is 143 g/mol. The molecule has 6 heavy (non-hydrogen) atoms. The smallest absolute Gasteiger partial charge is 0.211 e. The molecule has 0 fully saturated rings. The van der Waals surface area contributed by atoms with Crippen molar-refractivity contribution in [2.24, 2.45) is 4.76 Å². The Morgan fingerprint density at radius 1 is 1.67 bits per heavy atom. The second kappa shape index (κ2) is 3.58. The van der Waals surface area contributed by atoms with Gasteiger partial charge >= 0.3 is 0 Å². The first-order valence-electron chi connectivity index (χ1n) is 0.966. The summed E-state index contributed by atoms with van der Waals surface area (Å²) in [6.07, 6.45) is 1.21. The van der Waals surface area contributed by atoms with Crippen LogP contribution in [0.2, 0.25) is 0 Å². The Balaban J connectivity index is 3.29. The van der Waals surface area contributed by atoms with Crippen molar-refractivity contribution in [3.8, 4) is 0 Å². The minimum absolute atomic E-state index is 1.21. The third-order valence-corrected chi connectivity index (χ3v) is 0.803. The summed E-state index contributed by atoms with van der Waals surface area (Å²) < 4.78 is 2.92. The summed E-state index contributed by atoms with van der Waals surface area (Å²) in [5, 5.41) is 0. The molecule has 0 aliphatic heterocycles. The Kier molecular flexibility index (Phi) is 3.81. The largest absolute Gasteiger partial charge is 0.241 e. The van der Waals surface area contributed by atoms with Crippen molar-refractivity contribution in [3.63, 3.8) is 0 Å². The average Bonchev–Trinajstić information content (AvgIpc) is 1.35. The van der Waals surface area contributed by atoms with Crippen LogP contribution in [0, 0.1) is 0 Å². The number of isocyanates is 1. The molecular weight excluding hydrogens is 144 g/mol. The van der Waals surface area contributed by atoms with Crippen LogP contribution in [-0.4, -0.2) is 6.08 Å². The predicted octanol–water partition coefficient (Wildman–Crippen LogP) is 2.03. The van der Waals surface area contributed by atoms with Crippen LogP contribution in [0.15, 0.2) is 4.76 Å². The Hall–Kier alpha value is 0.390. The summed E-state index contributed by atoms with van der Waals surface area (Å²) in [7, 11) is 0. The fraction of sp³-hybridized carbons (Fsp3) is 0. The van der Waals surface area contributed by atoms with Crippen molar-refractivity contribution in [2.75, 3.05) is 0 Å². The van der Waals surface area contributed by atoms with Gasteiger partial charge in [0.05, 0.1) is 0 Å². The first-order chi connectivity index (χ1) is 2.77. The molecule has 0 heterocycles. The molecule has 0 aliphatic rings. The zero-order valence-corrected chi connectivity index (χ0v) is 4.96. The first kappa shape index (κ1) is 6.39. The Morgan fingerprint density at radius 2 is 2.17 bits per heavy atom. The van der Waals surface area contributed by atoms with E-state index >= 15 is 0 Å². The molecule has 2 nitrogen and oxygen atoms in total. The number of nitrogens with zero attached hydrogens (tertiary/aromatic N) is 1. The second-order valence-corrected chi connectivity index (χ2v) is 3.48. The van der Waals surface area contributed by atoms with Crippen LogP contribution < -0.4 is 0 Å². The van der Waals surface area contributed by atoms with E-state index in [1.54, 1.807) is 0 Å². The van der Waals surface area contributed by atoms with Gasteiger partial charge in [-0.2, -0.15) is 0 Å². The first-order valence-corrected chi connectivity index (χ1v) is 4.07. The van der Waals surface area contributed by atoms with E-state index in [0.717, 1.165) is 0 Å². The van der Waals surface area contributed by atoms with E-state index in [-0.39, 0.29) is 0 Å². The van der Waals surface area contributed by atoms with Gasteiger partial charge in [-0.1, -0.05) is 22.5 Å². The normalized spacial score (nSPS) is 7.83. The summed E-state index contributed by atoms with van der Waals surface area (Å²) in [5.74, 6) is 0. The van der Waals surface area contributed by atoms with Gasteiger partial charge in [0.25, 0.3) is 0 Å². The van der Waals surface area contributed by atoms with Crippen LogP contribution in [0.5, 0.6) is 0 Å². The van der Waals surface area contributed by atoms with Crippen LogP contribution in [-0.2, 0) is 4.79 Å². The highest BCUT2D eigenvalue weighted by atomic mass is 35.9. The van der Waals surface area contributed by atoms with Crippen LogP contribution >= 0.6 is 29.3 Å². The van der Waals surface area contributed by atoms with Crippen LogP contribution in [0.4, 0.5) is 0 Å². The highest BCUT2D eigenvalue weighted by Gasteiger charge is 1.87. The third kappa shape index (κ3) is 4.39. The summed E-state index contributed by atoms with van der Waals surface area (Å²) >= 11 is 9.96. The molecule has 0 amide bonds. The van der Waals surface area contributed by atoms with Gasteiger partial charge in [-0.25, -0.2) is 4.79 Å². The molecule has 5 heteroatoms. The van der Waals surface area contributed by atoms with Gasteiger partial charge in [0.15, 0.2) is 0 Å². The Bertz CT molecular complexity index is 77.6. The molecule has 0 saturated heterocycles. The van der Waals surface area contributed by atoms with E-state index in [9.17, 15) is 4.79 Å². The van der Waals surface area contributed by atoms with Gasteiger partial charge < -0.3 is 0 Å². The Labute approximate surface area is 45.5 Å². The molecule has 0 aromatic carbocycles. The molecule has 0 aliphatic carbocycles. The van der Waals surface area contributed by atoms with E-state index in [0.29, 0.717) is 0 Å². The fourth-order valence-corrected chi connectivity index (χ4v) is 0.278. The average molecular weight is 144 g/mol. The van der Waals surface area contributed by atoms with Crippen molar-refractivity contribution < 1.29 is 4.79 Å². The lowest BCUT2D eigenvalue weighted by Crippen LogP contribution is -1.36. The van der Waals surface area contributed by atoms with E-state index in [1.165, 1.54) is 6.08 Å². The Morgan fingerprint density at radius 3 is 2.17 bits per heavy atom. The maximum absolute atomic E-state index is 9.17. The molecular formula is CCl2NOP. The maximum atomic E-state index is 9.17. The molecule has 0 atom stereocenters. The quantitative estimate of drug-likeness (QED) is 0.314. The lowest BCUT2D eigenvalue weighted by molar-refractivity contribution is 0.566. The van der Waals surface area contributed by atoms with Crippen LogP contribution in [0.25, 0.3) is 0 Å². The molecule has 0 aromatic heterocycles. The topological polar surface area (TPSA) is 29.4 Å². The predicted molar refractivity (Wildman–Crippen MR) is 26.7 cm³/mol. The summed E-state index contributed by atoms with van der Waals surface area (Å²) in [5.41, 5.74) is 0. The summed E-state index contributed by atoms with van der Waals surface area (Å²) in [6.45, 7) is -1.45. The molecule has 0 radical (unpaired) electrons. The number of halogens is 2. The molecule has 0 aromatic rings. The minimum atomic E-state index is -1.45. The van der Waals surface area contributed by atoms with Gasteiger partial charge in [-0.05, 0) is 0 Å². The van der Waals surface area contributed by atoms with Gasteiger partial charge in [-0.15, -0.1) is 4.76 Å². The third-order valence-electron chi connectivity index (χ3n) is 0.116. The van der Waals surface area contributed by atoms with Crippen molar-refractivity contribution in [3.05, 3.63) is 0 Å². The number of rotatable bonds is 1. The van der Waals surface area contributed by atoms with E-state index < -0.39 is 6.78 Å². The van der Waals surface area contributed by atoms with Gasteiger partial charge in [0.2, 0.25) is 12.9 Å². The van der Waals surface area contributed by atoms with E-state index in [2.05, 4.69) is 4.76 Å². The van der Waals surface area contributed by atoms with E-state index in [1.807, 2.05) is 0 Å². The highest BCUT2D eigenvalue weighted by Crippen LogP contribution is 2.47. The highest BCUT2D eigenvalue weighted by molar-refractivity contribution is 8.03. The van der Waals surface area contributed by atoms with Crippen molar-refractivity contribution in [1.82, 2.24) is 0 Å². The SMILES string of the molecule is O=C=NP(Cl)Cl. The summed E-state index contributed by atoms with van der Waals surface area (Å²) in [6, 6.07) is 0. The lowest BCUT2D eigenvalue weighted by atomic mass is 11.7. The molecule has 0 bridgehead atoms. The summed E-state index contributed by atoms with van der Waals surface area (Å²) in [4.78, 5) is 9.17. The molecule has 0 rings (SSSR count). The lowest BCUT2D eigenvalue weighted by Gasteiger charge is -1.74. The van der Waals surface area contributed by atoms with Crippen LogP contribution in [0.1, 0.15) is 0 Å². The van der Waals surface area contributed by atoms with E-state index in [4.69, 9.17) is 22.5 Å². The van der Waals surface area contributed by atoms with Gasteiger partial charge in [-0.3, -0.25) is 0 Å². The fourth-order valence-electron chi connectivity index (χ4n) is 0.0309. The second-order valence-electron chi connectivity index (χ2n) is 0.406. The standard InChI is InChI=1S/CCl2NOP/c2-6(3)4-1-5. The number of hydrogen-bond acceptors (Lipinski definition) is 2. The van der Waals surface area contributed by atoms with Crippen molar-refractivity contribution >= 4 is 35.3 Å². The molecule has 0 spiro atoms. The molecule has 34 valence electrons. The molecule has 0 saturated carbocycles. The molecule has 0 N–H and O–H groups in total. The molecule has 0 unspecified atom stereocenters. The number of carbonyl (C=O) groups excluding carboxylic acids is 1. The van der Waals surface area contributed by atoms with Crippen LogP contribution in [0.3, 0.4) is 0 Å². The maximum Gasteiger partial charge on any atom is 0.241 e.